The van der Waals surface area contributed by atoms with Gasteiger partial charge in [0, 0.05) is 25.7 Å². The van der Waals surface area contributed by atoms with Crippen molar-refractivity contribution in [1.82, 2.24) is 4.90 Å². The minimum Gasteiger partial charge on any atom is -0.380 e. The van der Waals surface area contributed by atoms with Gasteiger partial charge in [-0.15, -0.1) is 0 Å². The topological polar surface area (TPSA) is 38.5 Å². The highest BCUT2D eigenvalue weighted by Gasteiger charge is 2.11. The van der Waals surface area contributed by atoms with Crippen molar-refractivity contribution in [3.8, 4) is 0 Å². The van der Waals surface area contributed by atoms with Crippen LogP contribution in [0.5, 0.6) is 0 Å². The molecule has 0 aliphatic rings. The molecule has 0 spiro atoms. The van der Waals surface area contributed by atoms with E-state index in [-0.39, 0.29) is 6.04 Å². The zero-order valence-corrected chi connectivity index (χ0v) is 12.8. The second-order valence-electron chi connectivity index (χ2n) is 5.12. The summed E-state index contributed by atoms with van der Waals surface area (Å²) in [4.78, 5) is 2.35. The first-order chi connectivity index (χ1) is 9.06. The van der Waals surface area contributed by atoms with Gasteiger partial charge < -0.3 is 10.5 Å². The summed E-state index contributed by atoms with van der Waals surface area (Å²) in [5.74, 6) is 0. The van der Waals surface area contributed by atoms with Crippen molar-refractivity contribution in [2.45, 2.75) is 33.7 Å². The summed E-state index contributed by atoms with van der Waals surface area (Å²) in [5, 5.41) is 0. The molecule has 1 aromatic carbocycles. The molecule has 0 bridgehead atoms. The van der Waals surface area contributed by atoms with E-state index in [1.165, 1.54) is 16.7 Å². The molecule has 0 saturated heterocycles. The number of rotatable bonds is 8. The van der Waals surface area contributed by atoms with Gasteiger partial charge >= 0.3 is 0 Å². The van der Waals surface area contributed by atoms with Crippen LogP contribution in [-0.4, -0.2) is 37.7 Å². The minimum atomic E-state index is 0.0696. The second kappa shape index (κ2) is 8.31. The van der Waals surface area contributed by atoms with Crippen molar-refractivity contribution in [2.75, 3.05) is 32.8 Å². The van der Waals surface area contributed by atoms with Gasteiger partial charge in [0.25, 0.3) is 0 Å². The summed E-state index contributed by atoms with van der Waals surface area (Å²) in [7, 11) is 0. The van der Waals surface area contributed by atoms with Crippen LogP contribution in [0.15, 0.2) is 18.2 Å². The Morgan fingerprint density at radius 1 is 1.16 bits per heavy atom. The third-order valence-corrected chi connectivity index (χ3v) is 3.33. The number of likely N-dealkylation sites (N-methyl/N-ethyl adjacent to an activating group) is 1. The Kier molecular flexibility index (Phi) is 7.06. The van der Waals surface area contributed by atoms with Crippen molar-refractivity contribution in [2.24, 2.45) is 5.73 Å². The fraction of sp³-hybridized carbons (Fsp3) is 0.625. The molecule has 0 amide bonds. The van der Waals surface area contributed by atoms with Gasteiger partial charge in [0.05, 0.1) is 6.61 Å². The van der Waals surface area contributed by atoms with Crippen LogP contribution < -0.4 is 5.73 Å². The fourth-order valence-corrected chi connectivity index (χ4v) is 2.32. The number of hydrogen-bond donors (Lipinski definition) is 1. The molecule has 3 heteroatoms. The highest BCUT2D eigenvalue weighted by atomic mass is 16.5. The van der Waals surface area contributed by atoms with Crippen molar-refractivity contribution < 1.29 is 4.74 Å². The number of ether oxygens (including phenoxy) is 1. The number of benzene rings is 1. The third-order valence-electron chi connectivity index (χ3n) is 3.33. The Hall–Kier alpha value is -0.900. The van der Waals surface area contributed by atoms with E-state index in [1.807, 2.05) is 6.92 Å². The quantitative estimate of drug-likeness (QED) is 0.734. The Balaban J connectivity index is 2.58. The summed E-state index contributed by atoms with van der Waals surface area (Å²) in [5.41, 5.74) is 10.1. The van der Waals surface area contributed by atoms with Crippen molar-refractivity contribution in [3.63, 3.8) is 0 Å². The predicted octanol–water partition coefficient (Wildman–Crippen LogP) is 2.66. The Morgan fingerprint density at radius 2 is 1.79 bits per heavy atom. The smallest absolute Gasteiger partial charge is 0.0593 e. The van der Waals surface area contributed by atoms with Gasteiger partial charge in [0.2, 0.25) is 0 Å². The Bertz CT molecular complexity index is 359. The first kappa shape index (κ1) is 16.2. The zero-order valence-electron chi connectivity index (χ0n) is 12.8. The van der Waals surface area contributed by atoms with E-state index in [9.17, 15) is 0 Å². The molecule has 1 rings (SSSR count). The molecule has 1 atom stereocenters. The van der Waals surface area contributed by atoms with Crippen LogP contribution in [0.2, 0.25) is 0 Å². The first-order valence-corrected chi connectivity index (χ1v) is 7.20. The predicted molar refractivity (Wildman–Crippen MR) is 81.5 cm³/mol. The van der Waals surface area contributed by atoms with E-state index in [1.54, 1.807) is 0 Å². The van der Waals surface area contributed by atoms with Gasteiger partial charge in [-0.25, -0.2) is 0 Å². The monoisotopic (exact) mass is 264 g/mol. The molecule has 0 saturated carbocycles. The highest BCUT2D eigenvalue weighted by molar-refractivity contribution is 5.30. The second-order valence-corrected chi connectivity index (χ2v) is 5.12. The van der Waals surface area contributed by atoms with Crippen molar-refractivity contribution in [1.29, 1.82) is 0 Å². The average molecular weight is 264 g/mol. The molecule has 19 heavy (non-hydrogen) atoms. The molecule has 0 fully saturated rings. The van der Waals surface area contributed by atoms with E-state index < -0.39 is 0 Å². The maximum absolute atomic E-state index is 6.33. The van der Waals surface area contributed by atoms with Crippen LogP contribution >= 0.6 is 0 Å². The van der Waals surface area contributed by atoms with Crippen molar-refractivity contribution >= 4 is 0 Å². The van der Waals surface area contributed by atoms with Gasteiger partial charge in [-0.2, -0.15) is 0 Å². The van der Waals surface area contributed by atoms with Crippen LogP contribution in [-0.2, 0) is 4.74 Å². The summed E-state index contributed by atoms with van der Waals surface area (Å²) in [6, 6.07) is 6.63. The molecule has 1 unspecified atom stereocenters. The summed E-state index contributed by atoms with van der Waals surface area (Å²) < 4.78 is 5.41. The highest BCUT2D eigenvalue weighted by Crippen LogP contribution is 2.16. The van der Waals surface area contributed by atoms with Gasteiger partial charge in [-0.05, 0) is 32.9 Å². The molecule has 1 aromatic rings. The molecule has 0 heterocycles. The largest absolute Gasteiger partial charge is 0.380 e. The first-order valence-electron chi connectivity index (χ1n) is 7.20. The normalized spacial score (nSPS) is 12.9. The summed E-state index contributed by atoms with van der Waals surface area (Å²) >= 11 is 0. The lowest BCUT2D eigenvalue weighted by Gasteiger charge is -2.24. The molecule has 2 N–H and O–H groups in total. The van der Waals surface area contributed by atoms with Crippen LogP contribution in [0.25, 0.3) is 0 Å². The Labute approximate surface area is 117 Å². The van der Waals surface area contributed by atoms with E-state index in [4.69, 9.17) is 10.5 Å². The molecule has 108 valence electrons. The lowest BCUT2D eigenvalue weighted by atomic mass is 10.0. The van der Waals surface area contributed by atoms with Crippen LogP contribution in [0, 0.1) is 13.8 Å². The van der Waals surface area contributed by atoms with E-state index in [0.29, 0.717) is 0 Å². The number of nitrogens with zero attached hydrogens (tertiary/aromatic N) is 1. The molecular weight excluding hydrogens is 236 g/mol. The minimum absolute atomic E-state index is 0.0696. The fourth-order valence-electron chi connectivity index (χ4n) is 2.32. The third kappa shape index (κ3) is 5.72. The molecule has 0 aromatic heterocycles. The molecule has 3 nitrogen and oxygen atoms in total. The maximum atomic E-state index is 6.33. The zero-order chi connectivity index (χ0) is 14.3. The van der Waals surface area contributed by atoms with Gasteiger partial charge in [0.15, 0.2) is 0 Å². The number of nitrogens with two attached hydrogens (primary N) is 1. The van der Waals surface area contributed by atoms with E-state index in [2.05, 4.69) is 43.9 Å². The van der Waals surface area contributed by atoms with Gasteiger partial charge in [-0.3, -0.25) is 4.90 Å². The number of aryl methyl sites for hydroxylation is 2. The van der Waals surface area contributed by atoms with Crippen molar-refractivity contribution in [3.05, 3.63) is 34.9 Å². The standard InChI is InChI=1S/C16H28N2O/c1-5-18(7-8-19-6-2)12-16(17)15-10-13(3)9-14(4)11-15/h9-11,16H,5-8,12,17H2,1-4H3. The van der Waals surface area contributed by atoms with Gasteiger partial charge in [0.1, 0.15) is 0 Å². The average Bonchev–Trinajstić information content (AvgIpc) is 2.36. The molecule has 0 radical (unpaired) electrons. The van der Waals surface area contributed by atoms with Gasteiger partial charge in [-0.1, -0.05) is 36.2 Å². The Morgan fingerprint density at radius 3 is 2.32 bits per heavy atom. The molecular formula is C16H28N2O. The summed E-state index contributed by atoms with van der Waals surface area (Å²) in [6.07, 6.45) is 0. The van der Waals surface area contributed by atoms with E-state index in [0.717, 1.165) is 32.8 Å². The number of hydrogen-bond acceptors (Lipinski definition) is 3. The maximum Gasteiger partial charge on any atom is 0.0593 e. The van der Waals surface area contributed by atoms with E-state index >= 15 is 0 Å². The van der Waals surface area contributed by atoms with Crippen LogP contribution in [0.3, 0.4) is 0 Å². The molecule has 0 aliphatic heterocycles. The van der Waals surface area contributed by atoms with Crippen LogP contribution in [0.4, 0.5) is 0 Å². The van der Waals surface area contributed by atoms with Crippen LogP contribution in [0.1, 0.15) is 36.6 Å². The SMILES string of the molecule is CCOCCN(CC)CC(N)c1cc(C)cc(C)c1. The summed E-state index contributed by atoms with van der Waals surface area (Å²) in [6.45, 7) is 12.8. The lowest BCUT2D eigenvalue weighted by Crippen LogP contribution is -2.34. The lowest BCUT2D eigenvalue weighted by molar-refractivity contribution is 0.113. The molecule has 0 aliphatic carbocycles.